The minimum Gasteiger partial charge on any atom is -0.497 e. The molecule has 3 aromatic rings. The van der Waals surface area contributed by atoms with Crippen molar-refractivity contribution < 1.29 is 19.4 Å². The van der Waals surface area contributed by atoms with Gasteiger partial charge in [0.2, 0.25) is 5.91 Å². The van der Waals surface area contributed by atoms with E-state index in [1.54, 1.807) is 21.0 Å². The summed E-state index contributed by atoms with van der Waals surface area (Å²) in [4.78, 5) is 28.3. The number of aryl methyl sites for hydroxylation is 1. The zero-order valence-electron chi connectivity index (χ0n) is 20.9. The Balaban J connectivity index is 1.74. The highest BCUT2D eigenvalue weighted by atomic mass is 32.2. The first-order valence-electron chi connectivity index (χ1n) is 11.5. The summed E-state index contributed by atoms with van der Waals surface area (Å²) in [5, 5.41) is 12.4. The van der Waals surface area contributed by atoms with E-state index < -0.39 is 10.7 Å². The molecule has 190 valence electrons. The lowest BCUT2D eigenvalue weighted by molar-refractivity contribution is -0.138. The molecule has 6 nitrogen and oxygen atoms in total. The van der Waals surface area contributed by atoms with Crippen molar-refractivity contribution >= 4 is 42.0 Å². The number of carboxylic acids is 1. The van der Waals surface area contributed by atoms with E-state index in [0.717, 1.165) is 37.9 Å². The molecule has 0 radical (unpaired) electrons. The van der Waals surface area contributed by atoms with Crippen LogP contribution in [-0.4, -0.2) is 40.3 Å². The van der Waals surface area contributed by atoms with E-state index in [2.05, 4.69) is 22.8 Å². The molecule has 0 heterocycles. The van der Waals surface area contributed by atoms with Gasteiger partial charge in [0, 0.05) is 28.6 Å². The number of thiol groups is 1. The van der Waals surface area contributed by atoms with E-state index in [0.29, 0.717) is 13.1 Å². The van der Waals surface area contributed by atoms with Crippen molar-refractivity contribution in [3.05, 3.63) is 83.4 Å². The Hall–Kier alpha value is -2.94. The van der Waals surface area contributed by atoms with Crippen LogP contribution in [0.2, 0.25) is 0 Å². The summed E-state index contributed by atoms with van der Waals surface area (Å²) in [6.45, 7) is 6.59. The number of carbonyl (C=O) groups excluding carboxylic acids is 1. The minimum atomic E-state index is -0.915. The number of methoxy groups -OCH3 is 1. The van der Waals surface area contributed by atoms with E-state index in [1.165, 1.54) is 11.8 Å². The molecule has 0 bridgehead atoms. The van der Waals surface area contributed by atoms with Gasteiger partial charge in [-0.05, 0) is 73.9 Å². The average Bonchev–Trinajstić information content (AvgIpc) is 2.82. The topological polar surface area (TPSA) is 78.9 Å². The predicted octanol–water partition coefficient (Wildman–Crippen LogP) is 5.89. The second kappa shape index (κ2) is 12.3. The van der Waals surface area contributed by atoms with Crippen molar-refractivity contribution in [1.29, 1.82) is 0 Å². The van der Waals surface area contributed by atoms with Crippen LogP contribution in [0.4, 0.5) is 5.69 Å². The van der Waals surface area contributed by atoms with Crippen LogP contribution in [0.1, 0.15) is 30.5 Å². The highest BCUT2D eigenvalue weighted by Crippen LogP contribution is 2.33. The first-order valence-corrected chi connectivity index (χ1v) is 12.8. The number of nitrogens with one attached hydrogen (secondary N) is 1. The molecule has 0 aliphatic carbocycles. The molecule has 0 saturated carbocycles. The molecule has 0 aliphatic rings. The van der Waals surface area contributed by atoms with Crippen molar-refractivity contribution in [1.82, 2.24) is 4.90 Å². The van der Waals surface area contributed by atoms with Crippen LogP contribution in [0, 0.1) is 6.92 Å². The van der Waals surface area contributed by atoms with Gasteiger partial charge in [0.25, 0.3) is 0 Å². The molecule has 0 saturated heterocycles. The lowest BCUT2D eigenvalue weighted by Crippen LogP contribution is -2.32. The maximum Gasteiger partial charge on any atom is 0.319 e. The van der Waals surface area contributed by atoms with Gasteiger partial charge < -0.3 is 15.2 Å². The maximum atomic E-state index is 13.0. The fourth-order valence-corrected chi connectivity index (χ4v) is 4.79. The summed E-state index contributed by atoms with van der Waals surface area (Å²) in [6.07, 6.45) is 0. The summed E-state index contributed by atoms with van der Waals surface area (Å²) in [5.41, 5.74) is 3.73. The van der Waals surface area contributed by atoms with Gasteiger partial charge in [-0.3, -0.25) is 14.5 Å². The number of thioether (sulfide) groups is 1. The van der Waals surface area contributed by atoms with Crippen LogP contribution in [-0.2, 0) is 22.7 Å². The Morgan fingerprint density at radius 1 is 1.06 bits per heavy atom. The van der Waals surface area contributed by atoms with E-state index in [9.17, 15) is 14.7 Å². The third-order valence-corrected chi connectivity index (χ3v) is 7.31. The van der Waals surface area contributed by atoms with Crippen molar-refractivity contribution in [2.45, 2.75) is 48.4 Å². The van der Waals surface area contributed by atoms with Gasteiger partial charge in [-0.25, -0.2) is 0 Å². The van der Waals surface area contributed by atoms with Crippen LogP contribution < -0.4 is 10.1 Å². The van der Waals surface area contributed by atoms with Gasteiger partial charge in [-0.1, -0.05) is 30.3 Å². The minimum absolute atomic E-state index is 0.115. The quantitative estimate of drug-likeness (QED) is 0.215. The second-order valence-electron chi connectivity index (χ2n) is 9.06. The molecular formula is C28H32N2O4S2. The highest BCUT2D eigenvalue weighted by Gasteiger charge is 2.28. The smallest absolute Gasteiger partial charge is 0.319 e. The molecule has 1 amide bonds. The van der Waals surface area contributed by atoms with Crippen LogP contribution in [0.5, 0.6) is 5.75 Å². The van der Waals surface area contributed by atoms with E-state index in [4.69, 9.17) is 4.74 Å². The van der Waals surface area contributed by atoms with Crippen LogP contribution in [0.25, 0.3) is 0 Å². The molecule has 0 aromatic heterocycles. The van der Waals surface area contributed by atoms with Crippen molar-refractivity contribution in [2.24, 2.45) is 0 Å². The Morgan fingerprint density at radius 2 is 1.75 bits per heavy atom. The molecule has 0 fully saturated rings. The zero-order chi connectivity index (χ0) is 26.3. The standard InChI is InChI=1S/C28H32N2O4S2/c1-19-15-22(34-4)11-14-24(19)29-26(31)18-30(17-21-7-5-6-8-25(21)35)16-20-9-12-23(13-10-20)36-28(2,3)27(32)33/h5-15,35H,16-18H2,1-4H3,(H,29,31)(H,32,33). The largest absolute Gasteiger partial charge is 0.497 e. The average molecular weight is 525 g/mol. The molecule has 36 heavy (non-hydrogen) atoms. The van der Waals surface area contributed by atoms with Crippen molar-refractivity contribution in [3.63, 3.8) is 0 Å². The Labute approximate surface area is 222 Å². The second-order valence-corrected chi connectivity index (χ2v) is 11.2. The molecule has 0 spiro atoms. The molecule has 0 unspecified atom stereocenters. The Morgan fingerprint density at radius 3 is 2.36 bits per heavy atom. The van der Waals surface area contributed by atoms with E-state index in [1.807, 2.05) is 73.7 Å². The van der Waals surface area contributed by atoms with Gasteiger partial charge in [-0.15, -0.1) is 24.4 Å². The number of hydrogen-bond acceptors (Lipinski definition) is 6. The van der Waals surface area contributed by atoms with Gasteiger partial charge in [-0.2, -0.15) is 0 Å². The van der Waals surface area contributed by atoms with Crippen LogP contribution >= 0.6 is 24.4 Å². The molecule has 3 rings (SSSR count). The lowest BCUT2D eigenvalue weighted by Gasteiger charge is -2.23. The third-order valence-electron chi connectivity index (χ3n) is 5.68. The van der Waals surface area contributed by atoms with Gasteiger partial charge in [0.05, 0.1) is 13.7 Å². The van der Waals surface area contributed by atoms with Gasteiger partial charge >= 0.3 is 5.97 Å². The number of rotatable bonds is 11. The lowest BCUT2D eigenvalue weighted by atomic mass is 10.1. The number of benzene rings is 3. The summed E-state index contributed by atoms with van der Waals surface area (Å²) in [5.74, 6) is -0.229. The molecular weight excluding hydrogens is 492 g/mol. The number of ether oxygens (including phenoxy) is 1. The number of carboxylic acid groups (broad SMARTS) is 1. The van der Waals surface area contributed by atoms with Crippen LogP contribution in [0.15, 0.2) is 76.5 Å². The molecule has 2 N–H and O–H groups in total. The SMILES string of the molecule is COc1ccc(NC(=O)CN(Cc2ccc(SC(C)(C)C(=O)O)cc2)Cc2ccccc2S)c(C)c1. The number of amides is 1. The number of hydrogen-bond donors (Lipinski definition) is 3. The summed E-state index contributed by atoms with van der Waals surface area (Å²) >= 11 is 5.89. The van der Waals surface area contributed by atoms with Crippen molar-refractivity contribution in [2.75, 3.05) is 19.0 Å². The molecule has 3 aromatic carbocycles. The number of anilines is 1. The summed E-state index contributed by atoms with van der Waals surface area (Å²) in [6, 6.07) is 21.2. The fraction of sp³-hybridized carbons (Fsp3) is 0.286. The number of nitrogens with zero attached hydrogens (tertiary/aromatic N) is 1. The Kier molecular flexibility index (Phi) is 9.48. The summed E-state index contributed by atoms with van der Waals surface area (Å²) < 4.78 is 4.34. The highest BCUT2D eigenvalue weighted by molar-refractivity contribution is 8.01. The van der Waals surface area contributed by atoms with Gasteiger partial charge in [0.15, 0.2) is 0 Å². The Bertz CT molecular complexity index is 1210. The maximum absolute atomic E-state index is 13.0. The van der Waals surface area contributed by atoms with Gasteiger partial charge in [0.1, 0.15) is 10.5 Å². The van der Waals surface area contributed by atoms with Crippen molar-refractivity contribution in [3.8, 4) is 5.75 Å². The summed E-state index contributed by atoms with van der Waals surface area (Å²) in [7, 11) is 1.61. The normalized spacial score (nSPS) is 11.4. The number of aliphatic carboxylic acids is 1. The first-order chi connectivity index (χ1) is 17.1. The molecule has 0 aliphatic heterocycles. The zero-order valence-corrected chi connectivity index (χ0v) is 22.7. The predicted molar refractivity (Wildman–Crippen MR) is 148 cm³/mol. The number of carbonyl (C=O) groups is 2. The molecule has 0 atom stereocenters. The van der Waals surface area contributed by atoms with Crippen LogP contribution in [0.3, 0.4) is 0 Å². The van der Waals surface area contributed by atoms with E-state index >= 15 is 0 Å². The first kappa shape index (κ1) is 27.6. The monoisotopic (exact) mass is 524 g/mol. The van der Waals surface area contributed by atoms with E-state index in [-0.39, 0.29) is 12.5 Å². The molecule has 8 heteroatoms. The third kappa shape index (κ3) is 7.78. The fourth-order valence-electron chi connectivity index (χ4n) is 3.61.